The second-order valence-corrected chi connectivity index (χ2v) is 5.47. The van der Waals surface area contributed by atoms with Gasteiger partial charge in [-0.15, -0.1) is 0 Å². The number of aryl methyl sites for hydroxylation is 1. The van der Waals surface area contributed by atoms with Crippen LogP contribution in [0, 0.1) is 6.92 Å². The SMILES string of the molecule is CN=C(NCCSC)NCCc1cc(C)ccc1OC. The Labute approximate surface area is 126 Å². The predicted octanol–water partition coefficient (Wildman–Crippen LogP) is 2.07. The Kier molecular flexibility index (Phi) is 7.95. The van der Waals surface area contributed by atoms with Crippen LogP contribution in [0.25, 0.3) is 0 Å². The van der Waals surface area contributed by atoms with Gasteiger partial charge < -0.3 is 15.4 Å². The van der Waals surface area contributed by atoms with E-state index < -0.39 is 0 Å². The van der Waals surface area contributed by atoms with E-state index in [9.17, 15) is 0 Å². The minimum absolute atomic E-state index is 0.832. The molecule has 1 aromatic rings. The standard InChI is InChI=1S/C15H25N3OS/c1-12-5-6-14(19-3)13(11-12)7-8-17-15(16-2)18-9-10-20-4/h5-6,11H,7-10H2,1-4H3,(H2,16,17,18). The van der Waals surface area contributed by atoms with Crippen LogP contribution in [0.1, 0.15) is 11.1 Å². The normalized spacial score (nSPS) is 11.3. The molecule has 4 nitrogen and oxygen atoms in total. The first kappa shape index (κ1) is 16.7. The topological polar surface area (TPSA) is 45.7 Å². The van der Waals surface area contributed by atoms with Gasteiger partial charge in [0.1, 0.15) is 5.75 Å². The molecule has 0 aliphatic carbocycles. The van der Waals surface area contributed by atoms with E-state index in [0.717, 1.165) is 37.0 Å². The van der Waals surface area contributed by atoms with E-state index in [-0.39, 0.29) is 0 Å². The van der Waals surface area contributed by atoms with E-state index in [1.165, 1.54) is 11.1 Å². The molecular formula is C15H25N3OS. The summed E-state index contributed by atoms with van der Waals surface area (Å²) >= 11 is 1.82. The zero-order valence-electron chi connectivity index (χ0n) is 12.8. The van der Waals surface area contributed by atoms with Crippen molar-refractivity contribution < 1.29 is 4.74 Å². The number of nitrogens with zero attached hydrogens (tertiary/aromatic N) is 1. The molecule has 0 aliphatic rings. The monoisotopic (exact) mass is 295 g/mol. The smallest absolute Gasteiger partial charge is 0.191 e. The first-order chi connectivity index (χ1) is 9.71. The predicted molar refractivity (Wildman–Crippen MR) is 89.2 cm³/mol. The maximum atomic E-state index is 5.39. The van der Waals surface area contributed by atoms with Gasteiger partial charge in [-0.05, 0) is 31.2 Å². The Hall–Kier alpha value is -1.36. The fourth-order valence-electron chi connectivity index (χ4n) is 1.91. The zero-order valence-corrected chi connectivity index (χ0v) is 13.6. The second-order valence-electron chi connectivity index (χ2n) is 4.48. The summed E-state index contributed by atoms with van der Waals surface area (Å²) in [6, 6.07) is 6.26. The number of nitrogens with one attached hydrogen (secondary N) is 2. The summed E-state index contributed by atoms with van der Waals surface area (Å²) in [5, 5.41) is 6.61. The number of ether oxygens (including phenoxy) is 1. The molecule has 0 spiro atoms. The van der Waals surface area contributed by atoms with Crippen molar-refractivity contribution in [2.75, 3.05) is 39.3 Å². The van der Waals surface area contributed by atoms with E-state index in [1.807, 2.05) is 17.8 Å². The highest BCUT2D eigenvalue weighted by Gasteiger charge is 2.03. The number of thioether (sulfide) groups is 1. The van der Waals surface area contributed by atoms with Crippen LogP contribution in [0.2, 0.25) is 0 Å². The van der Waals surface area contributed by atoms with Crippen LogP contribution in [-0.4, -0.2) is 45.2 Å². The minimum Gasteiger partial charge on any atom is -0.496 e. The summed E-state index contributed by atoms with van der Waals surface area (Å²) in [6.45, 7) is 3.85. The molecular weight excluding hydrogens is 270 g/mol. The van der Waals surface area contributed by atoms with Gasteiger partial charge in [0.05, 0.1) is 7.11 Å². The maximum absolute atomic E-state index is 5.39. The molecule has 1 aromatic carbocycles. The highest BCUT2D eigenvalue weighted by atomic mass is 32.2. The van der Waals surface area contributed by atoms with Crippen LogP contribution in [0.5, 0.6) is 5.75 Å². The molecule has 0 atom stereocenters. The molecule has 0 radical (unpaired) electrons. The third-order valence-electron chi connectivity index (χ3n) is 2.94. The van der Waals surface area contributed by atoms with Crippen molar-refractivity contribution in [2.45, 2.75) is 13.3 Å². The molecule has 0 aromatic heterocycles. The fraction of sp³-hybridized carbons (Fsp3) is 0.533. The third kappa shape index (κ3) is 5.74. The lowest BCUT2D eigenvalue weighted by Crippen LogP contribution is -2.39. The fourth-order valence-corrected chi connectivity index (χ4v) is 2.22. The summed E-state index contributed by atoms with van der Waals surface area (Å²) < 4.78 is 5.39. The molecule has 2 N–H and O–H groups in total. The summed E-state index contributed by atoms with van der Waals surface area (Å²) in [6.07, 6.45) is 3.01. The lowest BCUT2D eigenvalue weighted by Gasteiger charge is -2.13. The van der Waals surface area contributed by atoms with Crippen molar-refractivity contribution in [1.82, 2.24) is 10.6 Å². The minimum atomic E-state index is 0.832. The van der Waals surface area contributed by atoms with E-state index in [0.29, 0.717) is 0 Å². The molecule has 0 amide bonds. The lowest BCUT2D eigenvalue weighted by molar-refractivity contribution is 0.409. The average Bonchev–Trinajstić information content (AvgIpc) is 2.46. The molecule has 112 valence electrons. The van der Waals surface area contributed by atoms with Gasteiger partial charge in [-0.1, -0.05) is 17.7 Å². The molecule has 1 rings (SSSR count). The molecule has 0 saturated carbocycles. The van der Waals surface area contributed by atoms with Gasteiger partial charge in [0, 0.05) is 25.9 Å². The van der Waals surface area contributed by atoms with E-state index in [1.54, 1.807) is 14.2 Å². The van der Waals surface area contributed by atoms with Crippen LogP contribution in [0.3, 0.4) is 0 Å². The van der Waals surface area contributed by atoms with Gasteiger partial charge in [-0.2, -0.15) is 11.8 Å². The summed E-state index contributed by atoms with van der Waals surface area (Å²) in [5.74, 6) is 2.88. The number of rotatable bonds is 7. The molecule has 0 unspecified atom stereocenters. The molecule has 20 heavy (non-hydrogen) atoms. The van der Waals surface area contributed by atoms with Crippen molar-refractivity contribution >= 4 is 17.7 Å². The molecule has 0 heterocycles. The Morgan fingerprint density at radius 3 is 2.70 bits per heavy atom. The molecule has 0 fully saturated rings. The van der Waals surface area contributed by atoms with Gasteiger partial charge in [-0.25, -0.2) is 0 Å². The summed E-state index contributed by atoms with van der Waals surface area (Å²) in [4.78, 5) is 4.21. The van der Waals surface area contributed by atoms with Crippen LogP contribution in [0.4, 0.5) is 0 Å². The number of aliphatic imine (C=N–C) groups is 1. The number of hydrogen-bond donors (Lipinski definition) is 2. The first-order valence-corrected chi connectivity index (χ1v) is 8.17. The molecule has 0 bridgehead atoms. The van der Waals surface area contributed by atoms with E-state index in [2.05, 4.69) is 40.9 Å². The number of hydrogen-bond acceptors (Lipinski definition) is 3. The quantitative estimate of drug-likeness (QED) is 0.459. The highest BCUT2D eigenvalue weighted by Crippen LogP contribution is 2.19. The van der Waals surface area contributed by atoms with Crippen LogP contribution < -0.4 is 15.4 Å². The molecule has 0 aliphatic heterocycles. The average molecular weight is 295 g/mol. The van der Waals surface area contributed by atoms with Crippen molar-refractivity contribution in [3.8, 4) is 5.75 Å². The zero-order chi connectivity index (χ0) is 14.8. The number of methoxy groups -OCH3 is 1. The number of benzene rings is 1. The van der Waals surface area contributed by atoms with Crippen LogP contribution in [0.15, 0.2) is 23.2 Å². The maximum Gasteiger partial charge on any atom is 0.191 e. The Balaban J connectivity index is 2.45. The second kappa shape index (κ2) is 9.53. The van der Waals surface area contributed by atoms with Gasteiger partial charge in [0.25, 0.3) is 0 Å². The van der Waals surface area contributed by atoms with Gasteiger partial charge >= 0.3 is 0 Å². The first-order valence-electron chi connectivity index (χ1n) is 6.78. The lowest BCUT2D eigenvalue weighted by atomic mass is 10.1. The van der Waals surface area contributed by atoms with Gasteiger partial charge in [0.2, 0.25) is 0 Å². The summed E-state index contributed by atoms with van der Waals surface area (Å²) in [7, 11) is 3.51. The summed E-state index contributed by atoms with van der Waals surface area (Å²) in [5.41, 5.74) is 2.47. The third-order valence-corrected chi connectivity index (χ3v) is 3.56. The van der Waals surface area contributed by atoms with Gasteiger partial charge in [0.15, 0.2) is 5.96 Å². The van der Waals surface area contributed by atoms with Crippen molar-refractivity contribution in [1.29, 1.82) is 0 Å². The van der Waals surface area contributed by atoms with Crippen molar-refractivity contribution in [3.05, 3.63) is 29.3 Å². The Morgan fingerprint density at radius 1 is 1.30 bits per heavy atom. The van der Waals surface area contributed by atoms with Gasteiger partial charge in [-0.3, -0.25) is 4.99 Å². The number of guanidine groups is 1. The highest BCUT2D eigenvalue weighted by molar-refractivity contribution is 7.98. The van der Waals surface area contributed by atoms with E-state index in [4.69, 9.17) is 4.74 Å². The van der Waals surface area contributed by atoms with Crippen LogP contribution in [-0.2, 0) is 6.42 Å². The Morgan fingerprint density at radius 2 is 2.05 bits per heavy atom. The molecule has 5 heteroatoms. The van der Waals surface area contributed by atoms with Crippen LogP contribution >= 0.6 is 11.8 Å². The van der Waals surface area contributed by atoms with E-state index >= 15 is 0 Å². The van der Waals surface area contributed by atoms with Crippen molar-refractivity contribution in [2.24, 2.45) is 4.99 Å². The molecule has 0 saturated heterocycles. The van der Waals surface area contributed by atoms with Crippen molar-refractivity contribution in [3.63, 3.8) is 0 Å². The Bertz CT molecular complexity index is 435. The largest absolute Gasteiger partial charge is 0.496 e.